The van der Waals surface area contributed by atoms with Crippen molar-refractivity contribution in [1.29, 1.82) is 0 Å². The molecule has 0 atom stereocenters. The van der Waals surface area contributed by atoms with Crippen LogP contribution in [-0.2, 0) is 13.5 Å². The Bertz CT molecular complexity index is 564. The highest BCUT2D eigenvalue weighted by Crippen LogP contribution is 2.28. The van der Waals surface area contributed by atoms with E-state index in [9.17, 15) is 0 Å². The van der Waals surface area contributed by atoms with Crippen LogP contribution in [0.2, 0.25) is 0 Å². The Morgan fingerprint density at radius 3 is 2.76 bits per heavy atom. The fraction of sp³-hybridized carbons (Fsp3) is 0.526. The summed E-state index contributed by atoms with van der Waals surface area (Å²) in [5, 5.41) is 4.26. The van der Waals surface area contributed by atoms with Crippen LogP contribution in [0.1, 0.15) is 50.5 Å². The summed E-state index contributed by atoms with van der Waals surface area (Å²) in [6.45, 7) is 0. The molecule has 0 spiro atoms. The molecule has 1 aromatic heterocycles. The first kappa shape index (κ1) is 14.4. The number of aromatic nitrogens is 2. The van der Waals surface area contributed by atoms with Crippen molar-refractivity contribution in [2.45, 2.75) is 51.4 Å². The largest absolute Gasteiger partial charge is 0.268 e. The number of aryl methyl sites for hydroxylation is 2. The van der Waals surface area contributed by atoms with Gasteiger partial charge in [-0.25, -0.2) is 0 Å². The normalized spacial score (nSPS) is 16.2. The van der Waals surface area contributed by atoms with Crippen LogP contribution in [0.3, 0.4) is 0 Å². The lowest BCUT2D eigenvalue weighted by Crippen LogP contribution is -2.06. The molecule has 1 aromatic carbocycles. The van der Waals surface area contributed by atoms with E-state index in [1.807, 2.05) is 17.9 Å². The van der Waals surface area contributed by atoms with E-state index >= 15 is 0 Å². The third kappa shape index (κ3) is 3.75. The van der Waals surface area contributed by atoms with Gasteiger partial charge in [-0.2, -0.15) is 5.10 Å². The zero-order valence-corrected chi connectivity index (χ0v) is 13.1. The zero-order chi connectivity index (χ0) is 14.5. The van der Waals surface area contributed by atoms with Gasteiger partial charge in [0.25, 0.3) is 0 Å². The van der Waals surface area contributed by atoms with E-state index in [0.717, 1.165) is 5.92 Å². The van der Waals surface area contributed by atoms with Gasteiger partial charge in [-0.3, -0.25) is 4.68 Å². The molecule has 21 heavy (non-hydrogen) atoms. The molecule has 2 aromatic rings. The first-order valence-corrected chi connectivity index (χ1v) is 8.40. The van der Waals surface area contributed by atoms with Gasteiger partial charge in [0, 0.05) is 18.8 Å². The summed E-state index contributed by atoms with van der Waals surface area (Å²) in [6.07, 6.45) is 13.1. The van der Waals surface area contributed by atoms with Crippen LogP contribution in [0.15, 0.2) is 36.5 Å². The maximum Gasteiger partial charge on any atom is 0.0678 e. The second-order valence-corrected chi connectivity index (χ2v) is 6.44. The molecule has 1 aliphatic carbocycles. The van der Waals surface area contributed by atoms with Crippen molar-refractivity contribution in [1.82, 2.24) is 9.78 Å². The van der Waals surface area contributed by atoms with Crippen molar-refractivity contribution in [3.63, 3.8) is 0 Å². The topological polar surface area (TPSA) is 17.8 Å². The summed E-state index contributed by atoms with van der Waals surface area (Å²) in [7, 11) is 2.01. The third-order valence-corrected chi connectivity index (χ3v) is 4.85. The molecule has 112 valence electrons. The number of hydrogen-bond acceptors (Lipinski definition) is 1. The lowest BCUT2D eigenvalue weighted by molar-refractivity contribution is 0.332. The number of benzene rings is 1. The van der Waals surface area contributed by atoms with Gasteiger partial charge in [0.15, 0.2) is 0 Å². The molecule has 3 rings (SSSR count). The van der Waals surface area contributed by atoms with Crippen LogP contribution in [0.25, 0.3) is 11.3 Å². The molecule has 0 amide bonds. The average molecular weight is 282 g/mol. The molecular formula is C19H26N2. The molecule has 1 saturated carbocycles. The minimum Gasteiger partial charge on any atom is -0.268 e. The quantitative estimate of drug-likeness (QED) is 0.755. The molecule has 1 fully saturated rings. The van der Waals surface area contributed by atoms with Gasteiger partial charge in [0.2, 0.25) is 0 Å². The Hall–Kier alpha value is -1.57. The first-order valence-electron chi connectivity index (χ1n) is 8.40. The van der Waals surface area contributed by atoms with Crippen molar-refractivity contribution in [3.05, 3.63) is 42.1 Å². The van der Waals surface area contributed by atoms with Crippen LogP contribution in [-0.4, -0.2) is 9.78 Å². The van der Waals surface area contributed by atoms with E-state index in [1.54, 1.807) is 0 Å². The monoisotopic (exact) mass is 282 g/mol. The van der Waals surface area contributed by atoms with E-state index in [2.05, 4.69) is 35.4 Å². The van der Waals surface area contributed by atoms with Crippen LogP contribution >= 0.6 is 0 Å². The van der Waals surface area contributed by atoms with Gasteiger partial charge in [0.1, 0.15) is 0 Å². The van der Waals surface area contributed by atoms with Crippen molar-refractivity contribution in [3.8, 4) is 11.3 Å². The van der Waals surface area contributed by atoms with Gasteiger partial charge < -0.3 is 0 Å². The van der Waals surface area contributed by atoms with Gasteiger partial charge in [-0.1, -0.05) is 56.7 Å². The Morgan fingerprint density at radius 1 is 1.14 bits per heavy atom. The minimum atomic E-state index is 0.999. The molecule has 1 aliphatic rings. The number of rotatable bonds is 5. The number of hydrogen-bond donors (Lipinski definition) is 0. The van der Waals surface area contributed by atoms with Crippen LogP contribution in [0, 0.1) is 5.92 Å². The summed E-state index contributed by atoms with van der Waals surface area (Å²) in [6, 6.07) is 11.0. The third-order valence-electron chi connectivity index (χ3n) is 4.85. The molecule has 2 nitrogen and oxygen atoms in total. The summed E-state index contributed by atoms with van der Waals surface area (Å²) >= 11 is 0. The smallest absolute Gasteiger partial charge is 0.0678 e. The highest BCUT2D eigenvalue weighted by atomic mass is 15.2. The first-order chi connectivity index (χ1) is 10.3. The predicted octanol–water partition coefficient (Wildman–Crippen LogP) is 4.99. The van der Waals surface area contributed by atoms with Crippen molar-refractivity contribution < 1.29 is 0 Å². The molecule has 0 N–H and O–H groups in total. The summed E-state index contributed by atoms with van der Waals surface area (Å²) in [5.41, 5.74) is 3.94. The van der Waals surface area contributed by atoms with E-state index in [0.29, 0.717) is 0 Å². The maximum absolute atomic E-state index is 4.26. The van der Waals surface area contributed by atoms with E-state index in [-0.39, 0.29) is 0 Å². The van der Waals surface area contributed by atoms with E-state index < -0.39 is 0 Å². The predicted molar refractivity (Wildman–Crippen MR) is 88.2 cm³/mol. The summed E-state index contributed by atoms with van der Waals surface area (Å²) < 4.78 is 1.95. The SMILES string of the molecule is Cn1nccc1-c1cccc(CCCC2CCCCC2)c1. The highest BCUT2D eigenvalue weighted by molar-refractivity contribution is 5.60. The standard InChI is InChI=1S/C19H26N2/c1-21-19(13-14-20-21)18-12-6-11-17(15-18)10-5-9-16-7-3-2-4-8-16/h6,11-16H,2-5,7-10H2,1H3. The lowest BCUT2D eigenvalue weighted by Gasteiger charge is -2.21. The van der Waals surface area contributed by atoms with Gasteiger partial charge in [-0.15, -0.1) is 0 Å². The van der Waals surface area contributed by atoms with Crippen LogP contribution in [0.5, 0.6) is 0 Å². The van der Waals surface area contributed by atoms with Crippen LogP contribution < -0.4 is 0 Å². The molecule has 2 heteroatoms. The Kier molecular flexibility index (Phi) is 4.74. The average Bonchev–Trinajstić information content (AvgIpc) is 2.95. The summed E-state index contributed by atoms with van der Waals surface area (Å²) in [5.74, 6) is 0.999. The Balaban J connectivity index is 1.57. The van der Waals surface area contributed by atoms with E-state index in [1.165, 1.54) is 68.2 Å². The Morgan fingerprint density at radius 2 is 2.00 bits per heavy atom. The van der Waals surface area contributed by atoms with Crippen molar-refractivity contribution in [2.24, 2.45) is 13.0 Å². The number of nitrogens with zero attached hydrogens (tertiary/aromatic N) is 2. The minimum absolute atomic E-state index is 0.999. The fourth-order valence-electron chi connectivity index (χ4n) is 3.61. The second kappa shape index (κ2) is 6.93. The molecule has 0 aliphatic heterocycles. The second-order valence-electron chi connectivity index (χ2n) is 6.44. The summed E-state index contributed by atoms with van der Waals surface area (Å²) in [4.78, 5) is 0. The highest BCUT2D eigenvalue weighted by Gasteiger charge is 2.12. The van der Waals surface area contributed by atoms with Crippen molar-refractivity contribution >= 4 is 0 Å². The van der Waals surface area contributed by atoms with Crippen molar-refractivity contribution in [2.75, 3.05) is 0 Å². The zero-order valence-electron chi connectivity index (χ0n) is 13.1. The molecule has 0 unspecified atom stereocenters. The van der Waals surface area contributed by atoms with E-state index in [4.69, 9.17) is 0 Å². The maximum atomic E-state index is 4.26. The fourth-order valence-corrected chi connectivity index (χ4v) is 3.61. The van der Waals surface area contributed by atoms with Crippen LogP contribution in [0.4, 0.5) is 0 Å². The molecule has 0 saturated heterocycles. The van der Waals surface area contributed by atoms with Gasteiger partial charge in [-0.05, 0) is 36.5 Å². The molecule has 0 radical (unpaired) electrons. The molecular weight excluding hydrogens is 256 g/mol. The Labute approximate surface area is 128 Å². The molecule has 0 bridgehead atoms. The van der Waals surface area contributed by atoms with Gasteiger partial charge >= 0.3 is 0 Å². The van der Waals surface area contributed by atoms with Gasteiger partial charge in [0.05, 0.1) is 5.69 Å². The lowest BCUT2D eigenvalue weighted by atomic mass is 9.85. The molecule has 1 heterocycles.